The van der Waals surface area contributed by atoms with Crippen molar-refractivity contribution in [2.24, 2.45) is 0 Å². The van der Waals surface area contributed by atoms with E-state index in [1.165, 1.54) is 6.07 Å². The number of hydrogen-bond acceptors (Lipinski definition) is 4. The van der Waals surface area contributed by atoms with E-state index in [2.05, 4.69) is 9.88 Å². The summed E-state index contributed by atoms with van der Waals surface area (Å²) in [6.45, 7) is 4.90. The summed E-state index contributed by atoms with van der Waals surface area (Å²) in [4.78, 5) is 20.8. The van der Waals surface area contributed by atoms with Gasteiger partial charge in [-0.2, -0.15) is 0 Å². The first-order chi connectivity index (χ1) is 11.1. The molecule has 2 heterocycles. The number of anilines is 1. The number of benzene rings is 1. The Kier molecular flexibility index (Phi) is 4.91. The zero-order chi connectivity index (χ0) is 16.2. The number of hydrogen-bond donors (Lipinski definition) is 0. The molecule has 1 aliphatic heterocycles. The highest BCUT2D eigenvalue weighted by molar-refractivity contribution is 7.13. The summed E-state index contributed by atoms with van der Waals surface area (Å²) < 4.78 is 13.8. The van der Waals surface area contributed by atoms with Gasteiger partial charge in [-0.3, -0.25) is 4.79 Å². The Morgan fingerprint density at radius 1 is 1.30 bits per heavy atom. The second kappa shape index (κ2) is 7.08. The summed E-state index contributed by atoms with van der Waals surface area (Å²) in [6.07, 6.45) is 2.14. The molecule has 1 fully saturated rings. The van der Waals surface area contributed by atoms with Gasteiger partial charge < -0.3 is 9.80 Å². The lowest BCUT2D eigenvalue weighted by Crippen LogP contribution is -2.49. The van der Waals surface area contributed by atoms with Crippen LogP contribution in [0.3, 0.4) is 0 Å². The number of piperazine rings is 1. The lowest BCUT2D eigenvalue weighted by atomic mass is 9.96. The standard InChI is InChI=1S/C17H20FN3OS/c1-13(14-4-2-3-5-15(14)18)12-16(22)20-7-9-21(10-8-20)17-19-6-11-23-17/h2-6,11,13H,7-10,12H2,1H3. The number of rotatable bonds is 4. The monoisotopic (exact) mass is 333 g/mol. The highest BCUT2D eigenvalue weighted by Crippen LogP contribution is 2.24. The van der Waals surface area contributed by atoms with Gasteiger partial charge in [0.25, 0.3) is 0 Å². The molecule has 1 atom stereocenters. The number of thiazole rings is 1. The summed E-state index contributed by atoms with van der Waals surface area (Å²) in [7, 11) is 0. The second-order valence-electron chi connectivity index (χ2n) is 5.81. The summed E-state index contributed by atoms with van der Waals surface area (Å²) in [5.41, 5.74) is 0.613. The maximum atomic E-state index is 13.8. The zero-order valence-electron chi connectivity index (χ0n) is 13.1. The number of nitrogens with zero attached hydrogens (tertiary/aromatic N) is 3. The van der Waals surface area contributed by atoms with Crippen molar-refractivity contribution in [1.82, 2.24) is 9.88 Å². The van der Waals surface area contributed by atoms with Gasteiger partial charge in [0.1, 0.15) is 5.82 Å². The molecular formula is C17H20FN3OS. The van der Waals surface area contributed by atoms with Crippen LogP contribution in [0.1, 0.15) is 24.8 Å². The lowest BCUT2D eigenvalue weighted by molar-refractivity contribution is -0.131. The summed E-state index contributed by atoms with van der Waals surface area (Å²) in [6, 6.07) is 6.69. The van der Waals surface area contributed by atoms with Crippen LogP contribution in [0.2, 0.25) is 0 Å². The molecule has 0 bridgehead atoms. The molecule has 1 saturated heterocycles. The lowest BCUT2D eigenvalue weighted by Gasteiger charge is -2.35. The largest absolute Gasteiger partial charge is 0.345 e. The number of carbonyl (C=O) groups excluding carboxylic acids is 1. The highest BCUT2D eigenvalue weighted by Gasteiger charge is 2.24. The molecule has 3 rings (SSSR count). The van der Waals surface area contributed by atoms with E-state index in [0.29, 0.717) is 25.1 Å². The highest BCUT2D eigenvalue weighted by atomic mass is 32.1. The predicted molar refractivity (Wildman–Crippen MR) is 90.3 cm³/mol. The second-order valence-corrected chi connectivity index (χ2v) is 6.68. The molecule has 0 saturated carbocycles. The van der Waals surface area contributed by atoms with Crippen molar-refractivity contribution in [3.8, 4) is 0 Å². The normalized spacial score (nSPS) is 16.4. The molecule has 23 heavy (non-hydrogen) atoms. The van der Waals surface area contributed by atoms with Gasteiger partial charge in [0.05, 0.1) is 0 Å². The van der Waals surface area contributed by atoms with Crippen LogP contribution < -0.4 is 4.90 Å². The van der Waals surface area contributed by atoms with Gasteiger partial charge in [-0.25, -0.2) is 9.37 Å². The Hall–Kier alpha value is -1.95. The molecule has 0 N–H and O–H groups in total. The minimum absolute atomic E-state index is 0.0968. The smallest absolute Gasteiger partial charge is 0.223 e. The van der Waals surface area contributed by atoms with Crippen molar-refractivity contribution in [3.05, 3.63) is 47.2 Å². The molecule has 1 unspecified atom stereocenters. The van der Waals surface area contributed by atoms with E-state index in [9.17, 15) is 9.18 Å². The molecule has 0 aliphatic carbocycles. The minimum Gasteiger partial charge on any atom is -0.345 e. The van der Waals surface area contributed by atoms with Gasteiger partial charge in [0, 0.05) is 44.2 Å². The van der Waals surface area contributed by atoms with Crippen molar-refractivity contribution in [3.63, 3.8) is 0 Å². The summed E-state index contributed by atoms with van der Waals surface area (Å²) in [5, 5.41) is 2.97. The topological polar surface area (TPSA) is 36.4 Å². The van der Waals surface area contributed by atoms with Crippen LogP contribution in [0.15, 0.2) is 35.8 Å². The van der Waals surface area contributed by atoms with Crippen LogP contribution in [-0.4, -0.2) is 42.0 Å². The Morgan fingerprint density at radius 2 is 2.04 bits per heavy atom. The maximum Gasteiger partial charge on any atom is 0.223 e. The first-order valence-electron chi connectivity index (χ1n) is 7.82. The number of aromatic nitrogens is 1. The van der Waals surface area contributed by atoms with Gasteiger partial charge in [-0.15, -0.1) is 11.3 Å². The van der Waals surface area contributed by atoms with E-state index >= 15 is 0 Å². The third kappa shape index (κ3) is 3.69. The van der Waals surface area contributed by atoms with Crippen molar-refractivity contribution in [2.75, 3.05) is 31.1 Å². The summed E-state index contributed by atoms with van der Waals surface area (Å²) in [5.74, 6) is -0.248. The van der Waals surface area contributed by atoms with Crippen LogP contribution >= 0.6 is 11.3 Å². The van der Waals surface area contributed by atoms with E-state index < -0.39 is 0 Å². The maximum absolute atomic E-state index is 13.8. The minimum atomic E-state index is -0.235. The molecule has 6 heteroatoms. The average Bonchev–Trinajstić information content (AvgIpc) is 3.09. The molecular weight excluding hydrogens is 313 g/mol. The van der Waals surface area contributed by atoms with Crippen molar-refractivity contribution in [1.29, 1.82) is 0 Å². The fraction of sp³-hybridized carbons (Fsp3) is 0.412. The number of halogens is 1. The quantitative estimate of drug-likeness (QED) is 0.862. The molecule has 0 spiro atoms. The first-order valence-corrected chi connectivity index (χ1v) is 8.70. The zero-order valence-corrected chi connectivity index (χ0v) is 13.9. The summed E-state index contributed by atoms with van der Waals surface area (Å²) >= 11 is 1.62. The van der Waals surface area contributed by atoms with Crippen LogP contribution in [0.4, 0.5) is 9.52 Å². The van der Waals surface area contributed by atoms with E-state index in [1.54, 1.807) is 29.7 Å². The fourth-order valence-electron chi connectivity index (χ4n) is 2.89. The third-order valence-corrected chi connectivity index (χ3v) is 5.07. The van der Waals surface area contributed by atoms with Crippen LogP contribution in [0.25, 0.3) is 0 Å². The van der Waals surface area contributed by atoms with Gasteiger partial charge in [0.15, 0.2) is 5.13 Å². The molecule has 2 aromatic rings. The van der Waals surface area contributed by atoms with Crippen molar-refractivity contribution in [2.45, 2.75) is 19.3 Å². The Morgan fingerprint density at radius 3 is 2.70 bits per heavy atom. The molecule has 1 aliphatic rings. The van der Waals surface area contributed by atoms with Gasteiger partial charge >= 0.3 is 0 Å². The van der Waals surface area contributed by atoms with Gasteiger partial charge in [-0.1, -0.05) is 25.1 Å². The number of carbonyl (C=O) groups is 1. The first kappa shape index (κ1) is 15.9. The molecule has 1 aromatic carbocycles. The van der Waals surface area contributed by atoms with E-state index in [0.717, 1.165) is 18.2 Å². The van der Waals surface area contributed by atoms with E-state index in [4.69, 9.17) is 0 Å². The molecule has 0 radical (unpaired) electrons. The molecule has 1 aromatic heterocycles. The molecule has 4 nitrogen and oxygen atoms in total. The van der Waals surface area contributed by atoms with E-state index in [1.807, 2.05) is 23.3 Å². The molecule has 1 amide bonds. The fourth-order valence-corrected chi connectivity index (χ4v) is 3.59. The Labute approximate surface area is 139 Å². The number of amides is 1. The van der Waals surface area contributed by atoms with Crippen molar-refractivity contribution < 1.29 is 9.18 Å². The SMILES string of the molecule is CC(CC(=O)N1CCN(c2nccs2)CC1)c1ccccc1F. The predicted octanol–water partition coefficient (Wildman–Crippen LogP) is 3.12. The Bertz CT molecular complexity index is 654. The van der Waals surface area contributed by atoms with Gasteiger partial charge in [-0.05, 0) is 17.5 Å². The van der Waals surface area contributed by atoms with Gasteiger partial charge in [0.2, 0.25) is 5.91 Å². The third-order valence-electron chi connectivity index (χ3n) is 4.24. The van der Waals surface area contributed by atoms with Crippen LogP contribution in [0.5, 0.6) is 0 Å². The van der Waals surface area contributed by atoms with E-state index in [-0.39, 0.29) is 17.6 Å². The average molecular weight is 333 g/mol. The van der Waals surface area contributed by atoms with Crippen LogP contribution in [-0.2, 0) is 4.79 Å². The molecule has 122 valence electrons. The van der Waals surface area contributed by atoms with Crippen LogP contribution in [0, 0.1) is 5.82 Å². The Balaban J connectivity index is 1.54. The van der Waals surface area contributed by atoms with Crippen molar-refractivity contribution >= 4 is 22.4 Å².